The SMILES string of the molecule is C[C@H](CN1CCc2cccc(C(N)=O)c21)NCCOc1ccccc1OCC(F)(F)F. The van der Waals surface area contributed by atoms with Gasteiger partial charge in [-0.25, -0.2) is 0 Å². The van der Waals surface area contributed by atoms with Gasteiger partial charge in [-0.15, -0.1) is 0 Å². The summed E-state index contributed by atoms with van der Waals surface area (Å²) < 4.78 is 47.6. The molecule has 1 atom stereocenters. The Kier molecular flexibility index (Phi) is 7.27. The van der Waals surface area contributed by atoms with Crippen LogP contribution >= 0.6 is 0 Å². The normalized spacial score (nSPS) is 14.3. The van der Waals surface area contributed by atoms with Gasteiger partial charge in [-0.05, 0) is 37.1 Å². The third kappa shape index (κ3) is 6.27. The Labute approximate surface area is 179 Å². The van der Waals surface area contributed by atoms with Crippen LogP contribution < -0.4 is 25.4 Å². The molecule has 0 spiro atoms. The number of hydrogen-bond acceptors (Lipinski definition) is 5. The number of carbonyl (C=O) groups excluding carboxylic acids is 1. The van der Waals surface area contributed by atoms with Gasteiger partial charge in [0.15, 0.2) is 18.1 Å². The van der Waals surface area contributed by atoms with Crippen molar-refractivity contribution in [2.75, 3.05) is 37.7 Å². The molecular formula is C22H26F3N3O3. The molecular weight excluding hydrogens is 411 g/mol. The number of alkyl halides is 3. The number of benzene rings is 2. The molecule has 6 nitrogen and oxygen atoms in total. The number of fused-ring (bicyclic) bond motifs is 1. The number of ether oxygens (including phenoxy) is 2. The maximum Gasteiger partial charge on any atom is 0.422 e. The van der Waals surface area contributed by atoms with E-state index in [4.69, 9.17) is 15.2 Å². The molecule has 1 aliphatic rings. The Balaban J connectivity index is 1.48. The second kappa shape index (κ2) is 9.91. The lowest BCUT2D eigenvalue weighted by Gasteiger charge is -2.25. The van der Waals surface area contributed by atoms with Gasteiger partial charge in [0.2, 0.25) is 0 Å². The Morgan fingerprint density at radius 3 is 2.55 bits per heavy atom. The number of hydrogen-bond donors (Lipinski definition) is 2. The van der Waals surface area contributed by atoms with Gasteiger partial charge in [0.05, 0.1) is 11.3 Å². The van der Waals surface area contributed by atoms with Crippen LogP contribution in [0.2, 0.25) is 0 Å². The van der Waals surface area contributed by atoms with E-state index in [1.165, 1.54) is 6.07 Å². The highest BCUT2D eigenvalue weighted by Crippen LogP contribution is 2.32. The summed E-state index contributed by atoms with van der Waals surface area (Å²) in [6.45, 7) is 2.90. The van der Waals surface area contributed by atoms with E-state index in [9.17, 15) is 18.0 Å². The van der Waals surface area contributed by atoms with Gasteiger partial charge in [0, 0.05) is 25.7 Å². The van der Waals surface area contributed by atoms with E-state index in [1.54, 1.807) is 24.3 Å². The minimum Gasteiger partial charge on any atom is -0.488 e. The third-order valence-corrected chi connectivity index (χ3v) is 4.94. The van der Waals surface area contributed by atoms with Crippen molar-refractivity contribution in [2.24, 2.45) is 5.73 Å². The summed E-state index contributed by atoms with van der Waals surface area (Å²) in [4.78, 5) is 13.9. The standard InChI is InChI=1S/C22H26F3N3O3/c1-15(13-28-11-9-16-5-4-6-17(20(16)28)21(26)29)27-10-12-30-18-7-2-3-8-19(18)31-14-22(23,24)25/h2-8,15,27H,9-14H2,1H3,(H2,26,29)/t15-/m1/s1. The number of nitrogens with zero attached hydrogens (tertiary/aromatic N) is 1. The zero-order valence-corrected chi connectivity index (χ0v) is 17.2. The molecule has 0 bridgehead atoms. The lowest BCUT2D eigenvalue weighted by Crippen LogP contribution is -2.40. The fourth-order valence-electron chi connectivity index (χ4n) is 3.62. The van der Waals surface area contributed by atoms with Gasteiger partial charge in [0.25, 0.3) is 5.91 Å². The predicted molar refractivity (Wildman–Crippen MR) is 112 cm³/mol. The highest BCUT2D eigenvalue weighted by molar-refractivity contribution is 5.99. The first kappa shape index (κ1) is 22.7. The highest BCUT2D eigenvalue weighted by atomic mass is 19.4. The number of para-hydroxylation sites is 3. The molecule has 2 aromatic carbocycles. The molecule has 0 aliphatic carbocycles. The Hall–Kier alpha value is -2.94. The van der Waals surface area contributed by atoms with E-state index in [-0.39, 0.29) is 24.1 Å². The average Bonchev–Trinajstić information content (AvgIpc) is 3.12. The van der Waals surface area contributed by atoms with Crippen molar-refractivity contribution < 1.29 is 27.4 Å². The van der Waals surface area contributed by atoms with Crippen LogP contribution in [-0.2, 0) is 6.42 Å². The van der Waals surface area contributed by atoms with E-state index < -0.39 is 18.7 Å². The van der Waals surface area contributed by atoms with Crippen LogP contribution in [0.1, 0.15) is 22.8 Å². The van der Waals surface area contributed by atoms with Gasteiger partial charge in [-0.2, -0.15) is 13.2 Å². The van der Waals surface area contributed by atoms with E-state index >= 15 is 0 Å². The van der Waals surface area contributed by atoms with E-state index in [0.717, 1.165) is 24.2 Å². The van der Waals surface area contributed by atoms with Crippen molar-refractivity contribution in [1.82, 2.24) is 5.32 Å². The van der Waals surface area contributed by atoms with Crippen molar-refractivity contribution in [3.05, 3.63) is 53.6 Å². The van der Waals surface area contributed by atoms with Crippen LogP contribution in [0.5, 0.6) is 11.5 Å². The molecule has 2 aromatic rings. The van der Waals surface area contributed by atoms with Gasteiger partial charge in [0.1, 0.15) is 6.61 Å². The minimum absolute atomic E-state index is 0.0560. The molecule has 0 fully saturated rings. The Morgan fingerprint density at radius 1 is 1.16 bits per heavy atom. The minimum atomic E-state index is -4.41. The largest absolute Gasteiger partial charge is 0.488 e. The summed E-state index contributed by atoms with van der Waals surface area (Å²) in [6, 6.07) is 12.0. The zero-order chi connectivity index (χ0) is 22.4. The van der Waals surface area contributed by atoms with Crippen molar-refractivity contribution in [2.45, 2.75) is 25.6 Å². The fraction of sp³-hybridized carbons (Fsp3) is 0.409. The predicted octanol–water partition coefficient (Wildman–Crippen LogP) is 3.15. The quantitative estimate of drug-likeness (QED) is 0.559. The summed E-state index contributed by atoms with van der Waals surface area (Å²) in [7, 11) is 0. The lowest BCUT2D eigenvalue weighted by molar-refractivity contribution is -0.153. The molecule has 0 saturated heterocycles. The molecule has 31 heavy (non-hydrogen) atoms. The molecule has 0 unspecified atom stereocenters. The van der Waals surface area contributed by atoms with E-state index in [1.807, 2.05) is 19.1 Å². The van der Waals surface area contributed by atoms with Crippen LogP contribution in [0, 0.1) is 0 Å². The third-order valence-electron chi connectivity index (χ3n) is 4.94. The number of nitrogens with two attached hydrogens (primary N) is 1. The molecule has 3 rings (SSSR count). The van der Waals surface area contributed by atoms with Crippen molar-refractivity contribution in [3.63, 3.8) is 0 Å². The number of anilines is 1. The number of nitrogens with one attached hydrogen (secondary N) is 1. The van der Waals surface area contributed by atoms with Gasteiger partial charge >= 0.3 is 6.18 Å². The second-order valence-corrected chi connectivity index (χ2v) is 7.43. The number of carbonyl (C=O) groups is 1. The molecule has 168 valence electrons. The molecule has 1 heterocycles. The maximum absolute atomic E-state index is 12.4. The van der Waals surface area contributed by atoms with Crippen molar-refractivity contribution >= 4 is 11.6 Å². The Morgan fingerprint density at radius 2 is 1.87 bits per heavy atom. The number of amides is 1. The molecule has 9 heteroatoms. The van der Waals surface area contributed by atoms with Crippen LogP contribution in [-0.4, -0.2) is 51.0 Å². The van der Waals surface area contributed by atoms with Crippen LogP contribution in [0.4, 0.5) is 18.9 Å². The fourth-order valence-corrected chi connectivity index (χ4v) is 3.62. The number of rotatable bonds is 10. The molecule has 1 amide bonds. The van der Waals surface area contributed by atoms with Crippen LogP contribution in [0.3, 0.4) is 0 Å². The molecule has 0 radical (unpaired) electrons. The monoisotopic (exact) mass is 437 g/mol. The lowest BCUT2D eigenvalue weighted by atomic mass is 10.1. The van der Waals surface area contributed by atoms with Gasteiger partial charge < -0.3 is 25.4 Å². The van der Waals surface area contributed by atoms with E-state index in [0.29, 0.717) is 18.7 Å². The van der Waals surface area contributed by atoms with Gasteiger partial charge in [-0.1, -0.05) is 24.3 Å². The number of halogens is 3. The Bertz CT molecular complexity index is 905. The molecule has 0 aromatic heterocycles. The second-order valence-electron chi connectivity index (χ2n) is 7.43. The smallest absolute Gasteiger partial charge is 0.422 e. The molecule has 1 aliphatic heterocycles. The summed E-state index contributed by atoms with van der Waals surface area (Å²) in [5.41, 5.74) is 8.06. The van der Waals surface area contributed by atoms with Crippen molar-refractivity contribution in [3.8, 4) is 11.5 Å². The molecule has 3 N–H and O–H groups in total. The van der Waals surface area contributed by atoms with Gasteiger partial charge in [-0.3, -0.25) is 4.79 Å². The average molecular weight is 437 g/mol. The zero-order valence-electron chi connectivity index (χ0n) is 17.2. The highest BCUT2D eigenvalue weighted by Gasteiger charge is 2.29. The topological polar surface area (TPSA) is 76.8 Å². The maximum atomic E-state index is 12.4. The van der Waals surface area contributed by atoms with Crippen molar-refractivity contribution in [1.29, 1.82) is 0 Å². The summed E-state index contributed by atoms with van der Waals surface area (Å²) in [5.74, 6) is -0.120. The molecule has 0 saturated carbocycles. The summed E-state index contributed by atoms with van der Waals surface area (Å²) in [5, 5.41) is 3.33. The summed E-state index contributed by atoms with van der Waals surface area (Å²) >= 11 is 0. The number of primary amides is 1. The first-order chi connectivity index (χ1) is 14.7. The van der Waals surface area contributed by atoms with Crippen LogP contribution in [0.15, 0.2) is 42.5 Å². The van der Waals surface area contributed by atoms with E-state index in [2.05, 4.69) is 10.2 Å². The first-order valence-corrected chi connectivity index (χ1v) is 10.1. The summed E-state index contributed by atoms with van der Waals surface area (Å²) in [6.07, 6.45) is -3.55. The van der Waals surface area contributed by atoms with Crippen LogP contribution in [0.25, 0.3) is 0 Å². The first-order valence-electron chi connectivity index (χ1n) is 10.1.